The van der Waals surface area contributed by atoms with Gasteiger partial charge in [-0.25, -0.2) is 12.8 Å². The van der Waals surface area contributed by atoms with E-state index in [1.807, 2.05) is 7.05 Å². The molecular weight excluding hydrogens is 542 g/mol. The van der Waals surface area contributed by atoms with E-state index in [4.69, 9.17) is 39.5 Å². The van der Waals surface area contributed by atoms with Gasteiger partial charge in [0, 0.05) is 28.9 Å². The summed E-state index contributed by atoms with van der Waals surface area (Å²) in [6.07, 6.45) is 0.859. The number of sulfonamides is 1. The van der Waals surface area contributed by atoms with Gasteiger partial charge in [-0.2, -0.15) is 0 Å². The van der Waals surface area contributed by atoms with Crippen molar-refractivity contribution in [2.45, 2.75) is 27.2 Å². The van der Waals surface area contributed by atoms with Gasteiger partial charge in [0.15, 0.2) is 0 Å². The molecule has 1 saturated heterocycles. The van der Waals surface area contributed by atoms with E-state index >= 15 is 0 Å². The minimum Gasteiger partial charge on any atom is -0.487 e. The smallest absolute Gasteiger partial charge is 0.263 e. The van der Waals surface area contributed by atoms with Crippen LogP contribution in [0, 0.1) is 5.82 Å². The number of likely N-dealkylation sites (N-methyl/N-ethyl adjacent to an activating group) is 1. The fourth-order valence-corrected chi connectivity index (χ4v) is 6.44. The monoisotopic (exact) mass is 560 g/mol. The van der Waals surface area contributed by atoms with E-state index in [1.165, 1.54) is 36.0 Å². The SMILES string of the molecule is CN1CCC(Oc2cc(NS(=O)(=O)c3ccc(Sc4ccc(F)c(Cl)c4)cc3Cl)ccc2Cl)C1. The number of ether oxygens (including phenoxy) is 1. The maximum atomic E-state index is 13.4. The molecule has 1 heterocycles. The van der Waals surface area contributed by atoms with Gasteiger partial charge in [-0.1, -0.05) is 46.6 Å². The molecule has 4 rings (SSSR count). The average molecular weight is 562 g/mol. The first-order chi connectivity index (χ1) is 16.1. The highest BCUT2D eigenvalue weighted by atomic mass is 35.5. The topological polar surface area (TPSA) is 58.6 Å². The van der Waals surface area contributed by atoms with Crippen molar-refractivity contribution in [1.29, 1.82) is 0 Å². The molecule has 0 aliphatic carbocycles. The molecule has 0 radical (unpaired) electrons. The summed E-state index contributed by atoms with van der Waals surface area (Å²) in [6.45, 7) is 1.70. The van der Waals surface area contributed by atoms with Crippen LogP contribution in [0.3, 0.4) is 0 Å². The van der Waals surface area contributed by atoms with E-state index in [1.54, 1.807) is 30.3 Å². The summed E-state index contributed by atoms with van der Waals surface area (Å²) < 4.78 is 47.9. The second kappa shape index (κ2) is 10.5. The lowest BCUT2D eigenvalue weighted by molar-refractivity contribution is 0.208. The van der Waals surface area contributed by atoms with E-state index in [2.05, 4.69) is 9.62 Å². The second-order valence-electron chi connectivity index (χ2n) is 7.81. The predicted octanol–water partition coefficient (Wildman–Crippen LogP) is 6.82. The number of nitrogens with zero attached hydrogens (tertiary/aromatic N) is 1. The predicted molar refractivity (Wildman–Crippen MR) is 136 cm³/mol. The molecule has 1 aliphatic heterocycles. The van der Waals surface area contributed by atoms with Gasteiger partial charge in [0.2, 0.25) is 0 Å². The van der Waals surface area contributed by atoms with Gasteiger partial charge in [-0.05, 0) is 62.0 Å². The zero-order valence-electron chi connectivity index (χ0n) is 17.9. The standard InChI is InChI=1S/C23H20Cl3FN2O3S2/c1-29-9-8-15(13-29)32-22-10-14(2-5-18(22)24)28-34(30,31)23-7-4-17(12-20(23)26)33-16-3-6-21(27)19(25)11-16/h2-7,10-12,15,28H,8-9,13H2,1H3. The van der Waals surface area contributed by atoms with Crippen molar-refractivity contribution >= 4 is 62.3 Å². The minimum atomic E-state index is -3.98. The number of benzene rings is 3. The maximum absolute atomic E-state index is 13.4. The molecular formula is C23H20Cl3FN2O3S2. The van der Waals surface area contributed by atoms with Crippen LogP contribution in [0.1, 0.15) is 6.42 Å². The highest BCUT2D eigenvalue weighted by molar-refractivity contribution is 7.99. The molecule has 0 bridgehead atoms. The number of nitrogens with one attached hydrogen (secondary N) is 1. The summed E-state index contributed by atoms with van der Waals surface area (Å²) in [5, 5.41) is 0.453. The van der Waals surface area contributed by atoms with Crippen molar-refractivity contribution < 1.29 is 17.5 Å². The maximum Gasteiger partial charge on any atom is 0.263 e. The lowest BCUT2D eigenvalue weighted by Crippen LogP contribution is -2.21. The molecule has 180 valence electrons. The first-order valence-electron chi connectivity index (χ1n) is 10.2. The summed E-state index contributed by atoms with van der Waals surface area (Å²) in [7, 11) is -1.97. The van der Waals surface area contributed by atoms with Crippen molar-refractivity contribution in [3.05, 3.63) is 75.5 Å². The number of halogens is 4. The fourth-order valence-electron chi connectivity index (χ4n) is 3.48. The molecule has 0 amide bonds. The van der Waals surface area contributed by atoms with E-state index in [-0.39, 0.29) is 21.0 Å². The number of likely N-dealkylation sites (tertiary alicyclic amines) is 1. The van der Waals surface area contributed by atoms with Gasteiger partial charge in [0.1, 0.15) is 22.6 Å². The Hall–Kier alpha value is -1.68. The quantitative estimate of drug-likeness (QED) is 0.343. The van der Waals surface area contributed by atoms with Gasteiger partial charge in [-0.3, -0.25) is 4.72 Å². The molecule has 1 unspecified atom stereocenters. The number of rotatable bonds is 7. The first kappa shape index (κ1) is 25.4. The summed E-state index contributed by atoms with van der Waals surface area (Å²) in [4.78, 5) is 3.44. The molecule has 34 heavy (non-hydrogen) atoms. The third-order valence-electron chi connectivity index (χ3n) is 5.14. The van der Waals surface area contributed by atoms with E-state index < -0.39 is 15.8 Å². The molecule has 0 aromatic heterocycles. The third-order valence-corrected chi connectivity index (χ3v) is 8.59. The first-order valence-corrected chi connectivity index (χ1v) is 13.6. The largest absolute Gasteiger partial charge is 0.487 e. The van der Waals surface area contributed by atoms with Crippen LogP contribution < -0.4 is 9.46 Å². The molecule has 11 heteroatoms. The Morgan fingerprint density at radius 1 is 1.00 bits per heavy atom. The molecule has 0 spiro atoms. The molecule has 1 N–H and O–H groups in total. The molecule has 1 fully saturated rings. The molecule has 5 nitrogen and oxygen atoms in total. The number of hydrogen-bond acceptors (Lipinski definition) is 5. The van der Waals surface area contributed by atoms with Gasteiger partial charge < -0.3 is 9.64 Å². The van der Waals surface area contributed by atoms with Crippen LogP contribution in [0.4, 0.5) is 10.1 Å². The van der Waals surface area contributed by atoms with Gasteiger partial charge in [0.25, 0.3) is 10.0 Å². The zero-order chi connectivity index (χ0) is 24.5. The Balaban J connectivity index is 1.50. The van der Waals surface area contributed by atoms with Crippen molar-refractivity contribution in [3.8, 4) is 5.75 Å². The molecule has 0 saturated carbocycles. The molecule has 3 aromatic carbocycles. The summed E-state index contributed by atoms with van der Waals surface area (Å²) in [6, 6.07) is 13.6. The Kier molecular flexibility index (Phi) is 7.86. The van der Waals surface area contributed by atoms with E-state index in [0.29, 0.717) is 26.3 Å². The molecule has 1 atom stereocenters. The Bertz CT molecular complexity index is 1320. The van der Waals surface area contributed by atoms with Crippen molar-refractivity contribution in [2.75, 3.05) is 24.9 Å². The van der Waals surface area contributed by atoms with Crippen LogP contribution in [-0.4, -0.2) is 39.6 Å². The summed E-state index contributed by atoms with van der Waals surface area (Å²) in [5.74, 6) is -0.0964. The van der Waals surface area contributed by atoms with Crippen LogP contribution in [0.2, 0.25) is 15.1 Å². The summed E-state index contributed by atoms with van der Waals surface area (Å²) >= 11 is 19.7. The Labute approximate surface area is 217 Å². The Morgan fingerprint density at radius 3 is 2.35 bits per heavy atom. The minimum absolute atomic E-state index is 0.00533. The van der Waals surface area contributed by atoms with Gasteiger partial charge in [0.05, 0.1) is 20.8 Å². The third kappa shape index (κ3) is 6.11. The van der Waals surface area contributed by atoms with Crippen LogP contribution in [-0.2, 0) is 10.0 Å². The van der Waals surface area contributed by atoms with Crippen molar-refractivity contribution in [2.24, 2.45) is 0 Å². The van der Waals surface area contributed by atoms with Crippen LogP contribution in [0.25, 0.3) is 0 Å². The summed E-state index contributed by atoms with van der Waals surface area (Å²) in [5.41, 5.74) is 0.307. The van der Waals surface area contributed by atoms with E-state index in [0.717, 1.165) is 19.5 Å². The Morgan fingerprint density at radius 2 is 1.71 bits per heavy atom. The van der Waals surface area contributed by atoms with Crippen LogP contribution >= 0.6 is 46.6 Å². The average Bonchev–Trinajstić information content (AvgIpc) is 3.17. The number of hydrogen-bond donors (Lipinski definition) is 1. The number of anilines is 1. The highest BCUT2D eigenvalue weighted by Crippen LogP contribution is 2.35. The van der Waals surface area contributed by atoms with Gasteiger partial charge >= 0.3 is 0 Å². The van der Waals surface area contributed by atoms with Crippen LogP contribution in [0.5, 0.6) is 5.75 Å². The normalized spacial score (nSPS) is 16.6. The zero-order valence-corrected chi connectivity index (χ0v) is 21.8. The highest BCUT2D eigenvalue weighted by Gasteiger charge is 2.23. The van der Waals surface area contributed by atoms with Crippen molar-refractivity contribution in [3.63, 3.8) is 0 Å². The fraction of sp³-hybridized carbons (Fsp3) is 0.217. The van der Waals surface area contributed by atoms with Crippen molar-refractivity contribution in [1.82, 2.24) is 4.90 Å². The molecule has 3 aromatic rings. The van der Waals surface area contributed by atoms with Gasteiger partial charge in [-0.15, -0.1) is 0 Å². The van der Waals surface area contributed by atoms with Crippen LogP contribution in [0.15, 0.2) is 69.3 Å². The van der Waals surface area contributed by atoms with E-state index in [9.17, 15) is 12.8 Å². The molecule has 1 aliphatic rings. The lowest BCUT2D eigenvalue weighted by Gasteiger charge is -2.16. The lowest BCUT2D eigenvalue weighted by atomic mass is 10.3. The second-order valence-corrected chi connectivity index (χ2v) is 11.8.